The maximum absolute atomic E-state index is 12.7. The third-order valence-corrected chi connectivity index (χ3v) is 4.42. The van der Waals surface area contributed by atoms with Crippen LogP contribution in [0.4, 0.5) is 0 Å². The molecule has 26 heavy (non-hydrogen) atoms. The molecule has 1 unspecified atom stereocenters. The van der Waals surface area contributed by atoms with Gasteiger partial charge in [-0.15, -0.1) is 0 Å². The van der Waals surface area contributed by atoms with Crippen LogP contribution >= 0.6 is 0 Å². The molecule has 2 aromatic carbocycles. The van der Waals surface area contributed by atoms with Crippen LogP contribution in [-0.4, -0.2) is 19.0 Å². The van der Waals surface area contributed by atoms with Crippen LogP contribution in [0.3, 0.4) is 0 Å². The normalized spacial score (nSPS) is 16.8. The minimum absolute atomic E-state index is 0.108. The number of rotatable bonds is 5. The van der Waals surface area contributed by atoms with Crippen LogP contribution in [0.1, 0.15) is 30.4 Å². The second-order valence-electron chi connectivity index (χ2n) is 6.18. The lowest BCUT2D eigenvalue weighted by atomic mass is 9.84. The molecule has 0 aliphatic carbocycles. The molecule has 1 aliphatic heterocycles. The number of esters is 1. The Balaban J connectivity index is 1.83. The predicted octanol–water partition coefficient (Wildman–Crippen LogP) is 3.32. The number of nitrogens with one attached hydrogen (secondary N) is 1. The van der Waals surface area contributed by atoms with Gasteiger partial charge in [0.1, 0.15) is 12.4 Å². The summed E-state index contributed by atoms with van der Waals surface area (Å²) >= 11 is 0. The van der Waals surface area contributed by atoms with E-state index in [-0.39, 0.29) is 24.9 Å². The zero-order valence-electron chi connectivity index (χ0n) is 14.8. The van der Waals surface area contributed by atoms with Gasteiger partial charge in [-0.05, 0) is 30.2 Å². The van der Waals surface area contributed by atoms with Crippen molar-refractivity contribution in [2.75, 3.05) is 7.11 Å². The summed E-state index contributed by atoms with van der Waals surface area (Å²) < 4.78 is 10.7. The molecule has 0 fully saturated rings. The molecule has 0 bridgehead atoms. The van der Waals surface area contributed by atoms with Crippen LogP contribution < -0.4 is 10.1 Å². The van der Waals surface area contributed by atoms with E-state index in [0.29, 0.717) is 11.3 Å². The van der Waals surface area contributed by atoms with Gasteiger partial charge in [-0.25, -0.2) is 4.79 Å². The highest BCUT2D eigenvalue weighted by Gasteiger charge is 2.32. The average Bonchev–Trinajstić information content (AvgIpc) is 2.66. The number of hydrogen-bond acceptors (Lipinski definition) is 4. The average molecular weight is 351 g/mol. The van der Waals surface area contributed by atoms with Crippen molar-refractivity contribution in [3.05, 3.63) is 77.0 Å². The van der Waals surface area contributed by atoms with E-state index in [0.717, 1.165) is 16.9 Å². The van der Waals surface area contributed by atoms with Crippen LogP contribution in [0.2, 0.25) is 0 Å². The summed E-state index contributed by atoms with van der Waals surface area (Å²) in [6.45, 7) is 1.92. The Kier molecular flexibility index (Phi) is 5.37. The second kappa shape index (κ2) is 7.87. The van der Waals surface area contributed by atoms with Crippen LogP contribution in [0.5, 0.6) is 5.75 Å². The topological polar surface area (TPSA) is 64.6 Å². The van der Waals surface area contributed by atoms with Crippen molar-refractivity contribution in [3.8, 4) is 5.75 Å². The standard InChI is InChI=1S/C21H21NO4/c1-14-20(21(24)26-13-15-6-4-3-5-7-15)18(12-19(23)22-14)16-8-10-17(25-2)11-9-16/h3-11,18H,12-13H2,1-2H3,(H,22,23). The first-order valence-electron chi connectivity index (χ1n) is 8.44. The van der Waals surface area contributed by atoms with Gasteiger partial charge in [0.2, 0.25) is 5.91 Å². The van der Waals surface area contributed by atoms with Crippen LogP contribution in [0, 0.1) is 0 Å². The smallest absolute Gasteiger partial charge is 0.336 e. The molecule has 0 aromatic heterocycles. The van der Waals surface area contributed by atoms with Crippen molar-refractivity contribution in [2.24, 2.45) is 0 Å². The summed E-state index contributed by atoms with van der Waals surface area (Å²) in [5.41, 5.74) is 2.83. The monoisotopic (exact) mass is 351 g/mol. The lowest BCUT2D eigenvalue weighted by Crippen LogP contribution is -2.34. The van der Waals surface area contributed by atoms with Crippen LogP contribution in [0.25, 0.3) is 0 Å². The molecule has 2 aromatic rings. The molecule has 1 N–H and O–H groups in total. The minimum Gasteiger partial charge on any atom is -0.497 e. The van der Waals surface area contributed by atoms with E-state index in [9.17, 15) is 9.59 Å². The predicted molar refractivity (Wildman–Crippen MR) is 97.4 cm³/mol. The van der Waals surface area contributed by atoms with Gasteiger partial charge in [0.05, 0.1) is 12.7 Å². The largest absolute Gasteiger partial charge is 0.497 e. The number of allylic oxidation sites excluding steroid dienone is 1. The first kappa shape index (κ1) is 17.7. The highest BCUT2D eigenvalue weighted by atomic mass is 16.5. The fraction of sp³-hybridized carbons (Fsp3) is 0.238. The van der Waals surface area contributed by atoms with Crippen molar-refractivity contribution < 1.29 is 19.1 Å². The zero-order chi connectivity index (χ0) is 18.5. The van der Waals surface area contributed by atoms with Gasteiger partial charge in [0.25, 0.3) is 0 Å². The Morgan fingerprint density at radius 2 is 1.81 bits per heavy atom. The van der Waals surface area contributed by atoms with Crippen molar-refractivity contribution >= 4 is 11.9 Å². The fourth-order valence-corrected chi connectivity index (χ4v) is 3.09. The first-order chi connectivity index (χ1) is 12.6. The van der Waals surface area contributed by atoms with Gasteiger partial charge in [-0.2, -0.15) is 0 Å². The van der Waals surface area contributed by atoms with Crippen molar-refractivity contribution in [3.63, 3.8) is 0 Å². The fourth-order valence-electron chi connectivity index (χ4n) is 3.09. The molecule has 0 saturated heterocycles. The number of carbonyl (C=O) groups is 2. The Morgan fingerprint density at radius 1 is 1.12 bits per heavy atom. The van der Waals surface area contributed by atoms with E-state index >= 15 is 0 Å². The number of hydrogen-bond donors (Lipinski definition) is 1. The molecule has 1 amide bonds. The van der Waals surface area contributed by atoms with Gasteiger partial charge in [-0.3, -0.25) is 4.79 Å². The zero-order valence-corrected chi connectivity index (χ0v) is 14.8. The number of carbonyl (C=O) groups excluding carboxylic acids is 2. The lowest BCUT2D eigenvalue weighted by Gasteiger charge is -2.26. The SMILES string of the molecule is COc1ccc(C2CC(=O)NC(C)=C2C(=O)OCc2ccccc2)cc1. The minimum atomic E-state index is -0.410. The van der Waals surface area contributed by atoms with Gasteiger partial charge < -0.3 is 14.8 Å². The Labute approximate surface area is 152 Å². The van der Waals surface area contributed by atoms with E-state index in [2.05, 4.69) is 5.32 Å². The number of benzene rings is 2. The summed E-state index contributed by atoms with van der Waals surface area (Å²) in [5.74, 6) is -0.129. The Morgan fingerprint density at radius 3 is 2.46 bits per heavy atom. The van der Waals surface area contributed by atoms with Gasteiger partial charge in [0, 0.05) is 18.0 Å². The van der Waals surface area contributed by atoms with E-state index in [1.54, 1.807) is 14.0 Å². The Bertz CT molecular complexity index is 825. The summed E-state index contributed by atoms with van der Waals surface area (Å²) in [7, 11) is 1.60. The molecular weight excluding hydrogens is 330 g/mol. The highest BCUT2D eigenvalue weighted by molar-refractivity contribution is 5.95. The van der Waals surface area contributed by atoms with E-state index in [1.165, 1.54) is 0 Å². The maximum atomic E-state index is 12.7. The number of methoxy groups -OCH3 is 1. The van der Waals surface area contributed by atoms with Gasteiger partial charge in [-0.1, -0.05) is 42.5 Å². The lowest BCUT2D eigenvalue weighted by molar-refractivity contribution is -0.141. The molecule has 1 atom stereocenters. The molecular formula is C21H21NO4. The van der Waals surface area contributed by atoms with Gasteiger partial charge in [0.15, 0.2) is 0 Å². The molecule has 5 heteroatoms. The quantitative estimate of drug-likeness (QED) is 0.840. The highest BCUT2D eigenvalue weighted by Crippen LogP contribution is 2.34. The molecule has 1 heterocycles. The van der Waals surface area contributed by atoms with E-state index in [1.807, 2.05) is 54.6 Å². The second-order valence-corrected chi connectivity index (χ2v) is 6.18. The van der Waals surface area contributed by atoms with Crippen LogP contribution in [0.15, 0.2) is 65.9 Å². The molecule has 134 valence electrons. The molecule has 0 radical (unpaired) electrons. The maximum Gasteiger partial charge on any atom is 0.336 e. The van der Waals surface area contributed by atoms with Crippen LogP contribution in [-0.2, 0) is 20.9 Å². The van der Waals surface area contributed by atoms with E-state index < -0.39 is 5.97 Å². The third kappa shape index (κ3) is 3.94. The number of amides is 1. The molecule has 0 saturated carbocycles. The molecule has 5 nitrogen and oxygen atoms in total. The third-order valence-electron chi connectivity index (χ3n) is 4.42. The molecule has 1 aliphatic rings. The van der Waals surface area contributed by atoms with Crippen molar-refractivity contribution in [1.29, 1.82) is 0 Å². The molecule has 0 spiro atoms. The summed E-state index contributed by atoms with van der Waals surface area (Å²) in [4.78, 5) is 24.7. The number of ether oxygens (including phenoxy) is 2. The first-order valence-corrected chi connectivity index (χ1v) is 8.44. The Hall–Kier alpha value is -3.08. The van der Waals surface area contributed by atoms with Gasteiger partial charge >= 0.3 is 5.97 Å². The summed E-state index contributed by atoms with van der Waals surface area (Å²) in [5, 5.41) is 2.75. The van der Waals surface area contributed by atoms with Crippen molar-refractivity contribution in [2.45, 2.75) is 25.9 Å². The summed E-state index contributed by atoms with van der Waals surface area (Å²) in [6, 6.07) is 16.9. The molecule has 3 rings (SSSR count). The van der Waals surface area contributed by atoms with Crippen molar-refractivity contribution in [1.82, 2.24) is 5.32 Å². The summed E-state index contributed by atoms with van der Waals surface area (Å²) in [6.07, 6.45) is 0.208. The van der Waals surface area contributed by atoms with E-state index in [4.69, 9.17) is 9.47 Å².